The molecule has 1 aliphatic carbocycles. The SMILES string of the molecule is C=CCCC1CCC(NCCC)C1. The van der Waals surface area contributed by atoms with Crippen LogP contribution in [0.15, 0.2) is 12.7 Å². The topological polar surface area (TPSA) is 12.0 Å². The van der Waals surface area contributed by atoms with Crippen LogP contribution in [0.3, 0.4) is 0 Å². The van der Waals surface area contributed by atoms with Gasteiger partial charge in [0.2, 0.25) is 0 Å². The molecule has 0 aromatic heterocycles. The molecule has 1 rings (SSSR count). The van der Waals surface area contributed by atoms with Crippen molar-refractivity contribution in [1.29, 1.82) is 0 Å². The molecule has 1 N–H and O–H groups in total. The first kappa shape index (κ1) is 10.8. The third-order valence-electron chi connectivity index (χ3n) is 3.00. The van der Waals surface area contributed by atoms with Gasteiger partial charge in [0.15, 0.2) is 0 Å². The molecule has 0 amide bonds. The summed E-state index contributed by atoms with van der Waals surface area (Å²) < 4.78 is 0. The second kappa shape index (κ2) is 6.20. The van der Waals surface area contributed by atoms with Gasteiger partial charge in [-0.2, -0.15) is 0 Å². The average Bonchev–Trinajstić information content (AvgIpc) is 2.59. The van der Waals surface area contributed by atoms with Gasteiger partial charge in [0.25, 0.3) is 0 Å². The molecule has 0 aromatic carbocycles. The van der Waals surface area contributed by atoms with Crippen molar-refractivity contribution in [3.05, 3.63) is 12.7 Å². The summed E-state index contributed by atoms with van der Waals surface area (Å²) in [5, 5.41) is 3.61. The van der Waals surface area contributed by atoms with E-state index >= 15 is 0 Å². The van der Waals surface area contributed by atoms with Gasteiger partial charge < -0.3 is 5.32 Å². The molecule has 0 heterocycles. The van der Waals surface area contributed by atoms with E-state index in [-0.39, 0.29) is 0 Å². The maximum atomic E-state index is 3.77. The number of hydrogen-bond acceptors (Lipinski definition) is 1. The molecule has 1 fully saturated rings. The minimum Gasteiger partial charge on any atom is -0.314 e. The van der Waals surface area contributed by atoms with Crippen molar-refractivity contribution in [3.8, 4) is 0 Å². The van der Waals surface area contributed by atoms with Crippen LogP contribution in [0.4, 0.5) is 0 Å². The van der Waals surface area contributed by atoms with Crippen LogP contribution >= 0.6 is 0 Å². The van der Waals surface area contributed by atoms with Gasteiger partial charge in [-0.1, -0.05) is 13.0 Å². The van der Waals surface area contributed by atoms with Gasteiger partial charge in [0.05, 0.1) is 0 Å². The van der Waals surface area contributed by atoms with E-state index in [1.165, 1.54) is 45.1 Å². The predicted molar refractivity (Wildman–Crippen MR) is 58.9 cm³/mol. The molecule has 0 radical (unpaired) electrons. The zero-order valence-corrected chi connectivity index (χ0v) is 8.89. The van der Waals surface area contributed by atoms with Crippen LogP contribution in [0.25, 0.3) is 0 Å². The molecule has 1 saturated carbocycles. The predicted octanol–water partition coefficient (Wildman–Crippen LogP) is 3.12. The zero-order chi connectivity index (χ0) is 9.52. The first-order valence-electron chi connectivity index (χ1n) is 5.71. The molecule has 0 bridgehead atoms. The highest BCUT2D eigenvalue weighted by Gasteiger charge is 2.22. The van der Waals surface area contributed by atoms with Crippen molar-refractivity contribution < 1.29 is 0 Å². The highest BCUT2D eigenvalue weighted by Crippen LogP contribution is 2.29. The average molecular weight is 181 g/mol. The van der Waals surface area contributed by atoms with Gasteiger partial charge in [-0.15, -0.1) is 6.58 Å². The molecule has 0 saturated heterocycles. The van der Waals surface area contributed by atoms with Crippen LogP contribution in [0, 0.1) is 5.92 Å². The molecule has 2 atom stereocenters. The van der Waals surface area contributed by atoms with E-state index in [0.717, 1.165) is 12.0 Å². The van der Waals surface area contributed by atoms with E-state index < -0.39 is 0 Å². The Morgan fingerprint density at radius 3 is 3.00 bits per heavy atom. The van der Waals surface area contributed by atoms with Crippen molar-refractivity contribution in [2.24, 2.45) is 5.92 Å². The number of allylic oxidation sites excluding steroid dienone is 1. The lowest BCUT2D eigenvalue weighted by Gasteiger charge is -2.11. The van der Waals surface area contributed by atoms with E-state index in [4.69, 9.17) is 0 Å². The lowest BCUT2D eigenvalue weighted by atomic mass is 10.0. The molecule has 0 aromatic rings. The molecule has 0 spiro atoms. The highest BCUT2D eigenvalue weighted by atomic mass is 14.9. The lowest BCUT2D eigenvalue weighted by Crippen LogP contribution is -2.26. The van der Waals surface area contributed by atoms with Crippen LogP contribution in [0.5, 0.6) is 0 Å². The molecule has 1 heteroatoms. The van der Waals surface area contributed by atoms with Crippen LogP contribution in [0.2, 0.25) is 0 Å². The number of nitrogens with one attached hydrogen (secondary N) is 1. The maximum absolute atomic E-state index is 3.77. The smallest absolute Gasteiger partial charge is 0.00698 e. The summed E-state index contributed by atoms with van der Waals surface area (Å²) in [6, 6.07) is 0.815. The summed E-state index contributed by atoms with van der Waals surface area (Å²) in [6.45, 7) is 7.20. The maximum Gasteiger partial charge on any atom is 0.00698 e. The van der Waals surface area contributed by atoms with Gasteiger partial charge in [-0.05, 0) is 51.0 Å². The normalized spacial score (nSPS) is 27.8. The minimum absolute atomic E-state index is 0.815. The van der Waals surface area contributed by atoms with Crippen LogP contribution < -0.4 is 5.32 Å². The van der Waals surface area contributed by atoms with E-state index in [1.54, 1.807) is 0 Å². The zero-order valence-electron chi connectivity index (χ0n) is 8.89. The summed E-state index contributed by atoms with van der Waals surface area (Å²) in [6.07, 6.45) is 10.1. The summed E-state index contributed by atoms with van der Waals surface area (Å²) in [7, 11) is 0. The van der Waals surface area contributed by atoms with Gasteiger partial charge in [-0.3, -0.25) is 0 Å². The Morgan fingerprint density at radius 2 is 2.31 bits per heavy atom. The Kier molecular flexibility index (Phi) is 5.14. The van der Waals surface area contributed by atoms with Crippen molar-refractivity contribution in [2.45, 2.75) is 51.5 Å². The number of hydrogen-bond donors (Lipinski definition) is 1. The van der Waals surface area contributed by atoms with E-state index in [9.17, 15) is 0 Å². The van der Waals surface area contributed by atoms with Gasteiger partial charge in [0.1, 0.15) is 0 Å². The number of rotatable bonds is 6. The second-order valence-corrected chi connectivity index (χ2v) is 4.20. The molecule has 1 nitrogen and oxygen atoms in total. The van der Waals surface area contributed by atoms with Crippen molar-refractivity contribution in [3.63, 3.8) is 0 Å². The third kappa shape index (κ3) is 3.95. The molecule has 1 aliphatic rings. The highest BCUT2D eigenvalue weighted by molar-refractivity contribution is 4.82. The Bertz CT molecular complexity index is 142. The Labute approximate surface area is 82.6 Å². The van der Waals surface area contributed by atoms with Crippen LogP contribution in [-0.2, 0) is 0 Å². The van der Waals surface area contributed by atoms with Gasteiger partial charge in [-0.25, -0.2) is 0 Å². The molecular formula is C12H23N. The Morgan fingerprint density at radius 1 is 1.46 bits per heavy atom. The van der Waals surface area contributed by atoms with Gasteiger partial charge in [0, 0.05) is 6.04 Å². The fourth-order valence-electron chi connectivity index (χ4n) is 2.22. The standard InChI is InChI=1S/C12H23N/c1-3-5-6-11-7-8-12(10-11)13-9-4-2/h3,11-13H,1,4-10H2,2H3. The monoisotopic (exact) mass is 181 g/mol. The third-order valence-corrected chi connectivity index (χ3v) is 3.00. The Balaban J connectivity index is 2.08. The molecule has 0 aliphatic heterocycles. The largest absolute Gasteiger partial charge is 0.314 e. The molecular weight excluding hydrogens is 158 g/mol. The molecule has 13 heavy (non-hydrogen) atoms. The fourth-order valence-corrected chi connectivity index (χ4v) is 2.22. The lowest BCUT2D eigenvalue weighted by molar-refractivity contribution is 0.467. The summed E-state index contributed by atoms with van der Waals surface area (Å²) in [5.74, 6) is 0.965. The van der Waals surface area contributed by atoms with E-state index in [1.807, 2.05) is 6.08 Å². The summed E-state index contributed by atoms with van der Waals surface area (Å²) >= 11 is 0. The van der Waals surface area contributed by atoms with Crippen molar-refractivity contribution in [1.82, 2.24) is 5.32 Å². The van der Waals surface area contributed by atoms with Crippen LogP contribution in [-0.4, -0.2) is 12.6 Å². The minimum atomic E-state index is 0.815. The quantitative estimate of drug-likeness (QED) is 0.621. The van der Waals surface area contributed by atoms with Crippen molar-refractivity contribution in [2.75, 3.05) is 6.54 Å². The van der Waals surface area contributed by atoms with E-state index in [0.29, 0.717) is 0 Å². The van der Waals surface area contributed by atoms with Crippen LogP contribution in [0.1, 0.15) is 45.4 Å². The molecule has 76 valence electrons. The molecule has 2 unspecified atom stereocenters. The second-order valence-electron chi connectivity index (χ2n) is 4.20. The summed E-state index contributed by atoms with van der Waals surface area (Å²) in [5.41, 5.74) is 0. The first-order valence-corrected chi connectivity index (χ1v) is 5.71. The Hall–Kier alpha value is -0.300. The van der Waals surface area contributed by atoms with Gasteiger partial charge >= 0.3 is 0 Å². The summed E-state index contributed by atoms with van der Waals surface area (Å²) in [4.78, 5) is 0. The first-order chi connectivity index (χ1) is 6.36. The van der Waals surface area contributed by atoms with E-state index in [2.05, 4.69) is 18.8 Å². The fraction of sp³-hybridized carbons (Fsp3) is 0.833. The van der Waals surface area contributed by atoms with Crippen molar-refractivity contribution >= 4 is 0 Å².